The number of carbonyl (C=O) groups is 1. The number of hydrogen-bond donors (Lipinski definition) is 1. The van der Waals surface area contributed by atoms with Gasteiger partial charge in [0.1, 0.15) is 0 Å². The van der Waals surface area contributed by atoms with Crippen LogP contribution >= 0.6 is 15.9 Å². The van der Waals surface area contributed by atoms with Crippen molar-refractivity contribution in [2.75, 3.05) is 11.9 Å². The minimum Gasteiger partial charge on any atom is -0.355 e. The first-order chi connectivity index (χ1) is 4.31. The Morgan fingerprint density at radius 1 is 1.67 bits per heavy atom. The van der Waals surface area contributed by atoms with E-state index in [0.29, 0.717) is 5.33 Å². The van der Waals surface area contributed by atoms with Gasteiger partial charge in [0.15, 0.2) is 0 Å². The van der Waals surface area contributed by atoms with Crippen LogP contribution in [-0.2, 0) is 4.79 Å². The van der Waals surface area contributed by atoms with Gasteiger partial charge >= 0.3 is 0 Å². The predicted molar refractivity (Wildman–Crippen MR) is 46.2 cm³/mol. The van der Waals surface area contributed by atoms with Gasteiger partial charge < -0.3 is 5.32 Å². The first kappa shape index (κ1) is 9.17. The maximum absolute atomic E-state index is 10.5. The molecule has 0 aromatic rings. The van der Waals surface area contributed by atoms with Crippen LogP contribution in [0.3, 0.4) is 0 Å². The molecule has 0 saturated heterocycles. The van der Waals surface area contributed by atoms with Crippen LogP contribution in [0.25, 0.3) is 0 Å². The van der Waals surface area contributed by atoms with Crippen LogP contribution in [0, 0.1) is 0 Å². The lowest BCUT2D eigenvalue weighted by molar-refractivity contribution is -0.118. The van der Waals surface area contributed by atoms with Crippen LogP contribution in [0.1, 0.15) is 6.42 Å². The zero-order valence-electron chi connectivity index (χ0n) is 5.61. The Kier molecular flexibility index (Phi) is 6.41. The normalized spacial score (nSPS) is 9.44. The van der Waals surface area contributed by atoms with E-state index in [2.05, 4.69) is 21.2 Å². The Morgan fingerprint density at radius 3 is 2.78 bits per heavy atom. The van der Waals surface area contributed by atoms with E-state index in [1.54, 1.807) is 0 Å². The summed E-state index contributed by atoms with van der Waals surface area (Å²) in [5.74, 6) is 0.0881. The van der Waals surface area contributed by atoms with Crippen LogP contribution in [0.15, 0.2) is 0 Å². The third kappa shape index (κ3) is 6.05. The molecule has 0 spiro atoms. The van der Waals surface area contributed by atoms with Gasteiger partial charge in [0.05, 0.1) is 5.33 Å². The van der Waals surface area contributed by atoms with Crippen LogP contribution in [0.4, 0.5) is 0 Å². The Labute approximate surface area is 66.9 Å². The molecule has 0 bridgehead atoms. The van der Waals surface area contributed by atoms with Gasteiger partial charge in [0, 0.05) is 16.8 Å². The van der Waals surface area contributed by atoms with Crippen molar-refractivity contribution in [1.82, 2.24) is 5.32 Å². The Morgan fingerprint density at radius 2 is 2.33 bits per heavy atom. The van der Waals surface area contributed by atoms with E-state index < -0.39 is 0 Å². The van der Waals surface area contributed by atoms with Crippen LogP contribution in [0.2, 0.25) is 6.04 Å². The zero-order chi connectivity index (χ0) is 7.11. The fraction of sp³-hybridized carbons (Fsp3) is 0.800. The smallest absolute Gasteiger partial charge is 0.230 e. The van der Waals surface area contributed by atoms with Gasteiger partial charge in [0.2, 0.25) is 5.91 Å². The number of nitrogens with one attached hydrogen (secondary N) is 1. The van der Waals surface area contributed by atoms with E-state index in [9.17, 15) is 4.79 Å². The van der Waals surface area contributed by atoms with Crippen molar-refractivity contribution in [3.63, 3.8) is 0 Å². The molecule has 0 atom stereocenters. The number of halogens is 1. The van der Waals surface area contributed by atoms with Crippen molar-refractivity contribution in [2.24, 2.45) is 0 Å². The quantitative estimate of drug-likeness (QED) is 0.384. The van der Waals surface area contributed by atoms with Crippen molar-refractivity contribution < 1.29 is 4.79 Å². The predicted octanol–water partition coefficient (Wildman–Crippen LogP) is -0.329. The highest BCUT2D eigenvalue weighted by Crippen LogP contribution is 1.82. The zero-order valence-corrected chi connectivity index (χ0v) is 9.20. The SMILES string of the molecule is O=C(CBr)NCCC[SiH3]. The lowest BCUT2D eigenvalue weighted by Gasteiger charge is -1.98. The summed E-state index contributed by atoms with van der Waals surface area (Å²) in [5, 5.41) is 3.19. The molecule has 0 saturated carbocycles. The monoisotopic (exact) mass is 209 g/mol. The van der Waals surface area contributed by atoms with Gasteiger partial charge in [-0.25, -0.2) is 0 Å². The minimum atomic E-state index is 0.0881. The van der Waals surface area contributed by atoms with Crippen LogP contribution < -0.4 is 5.32 Å². The van der Waals surface area contributed by atoms with E-state index in [1.165, 1.54) is 16.3 Å². The number of amides is 1. The molecule has 0 aromatic heterocycles. The summed E-state index contributed by atoms with van der Waals surface area (Å²) >= 11 is 3.06. The van der Waals surface area contributed by atoms with E-state index >= 15 is 0 Å². The van der Waals surface area contributed by atoms with Crippen LogP contribution in [0.5, 0.6) is 0 Å². The first-order valence-corrected chi connectivity index (χ1v) is 5.67. The molecule has 4 heteroatoms. The van der Waals surface area contributed by atoms with Crippen molar-refractivity contribution in [2.45, 2.75) is 12.5 Å². The Hall–Kier alpha value is 0.167. The second-order valence-electron chi connectivity index (χ2n) is 1.84. The van der Waals surface area contributed by atoms with Crippen molar-refractivity contribution in [3.8, 4) is 0 Å². The van der Waals surface area contributed by atoms with Gasteiger partial charge in [-0.3, -0.25) is 4.79 Å². The third-order valence-electron chi connectivity index (χ3n) is 0.974. The van der Waals surface area contributed by atoms with Gasteiger partial charge in [-0.15, -0.1) is 0 Å². The standard InChI is InChI=1S/C5H12BrNOSi/c6-4-5(8)7-2-1-3-9/h1-4H2,9H3,(H,7,8). The molecular formula is C5H12BrNOSi. The molecule has 1 N–H and O–H groups in total. The minimum absolute atomic E-state index is 0.0881. The van der Waals surface area contributed by atoms with E-state index in [0.717, 1.165) is 13.0 Å². The summed E-state index contributed by atoms with van der Waals surface area (Å²) in [7, 11) is 1.24. The average Bonchev–Trinajstić information content (AvgIpc) is 1.89. The number of alkyl halides is 1. The molecular weight excluding hydrogens is 198 g/mol. The molecule has 0 aliphatic carbocycles. The second-order valence-corrected chi connectivity index (χ2v) is 3.40. The molecule has 0 fully saturated rings. The molecule has 0 aromatic carbocycles. The number of carbonyl (C=O) groups excluding carboxylic acids is 1. The summed E-state index contributed by atoms with van der Waals surface area (Å²) in [6, 6.07) is 1.27. The van der Waals surface area contributed by atoms with E-state index in [-0.39, 0.29) is 5.91 Å². The Bertz CT molecular complexity index is 89.0. The first-order valence-electron chi connectivity index (χ1n) is 3.14. The van der Waals surface area contributed by atoms with E-state index in [4.69, 9.17) is 0 Å². The Balaban J connectivity index is 2.97. The highest BCUT2D eigenvalue weighted by molar-refractivity contribution is 9.09. The fourth-order valence-electron chi connectivity index (χ4n) is 0.452. The maximum atomic E-state index is 10.5. The van der Waals surface area contributed by atoms with Crippen molar-refractivity contribution >= 4 is 32.1 Å². The molecule has 0 aliphatic rings. The van der Waals surface area contributed by atoms with Gasteiger partial charge in [0.25, 0.3) is 0 Å². The topological polar surface area (TPSA) is 29.1 Å². The molecule has 0 heterocycles. The average molecular weight is 210 g/mol. The summed E-state index contributed by atoms with van der Waals surface area (Å²) in [4.78, 5) is 10.5. The van der Waals surface area contributed by atoms with Gasteiger partial charge in [-0.1, -0.05) is 22.0 Å². The fourth-order valence-corrected chi connectivity index (χ4v) is 1.00. The molecule has 0 unspecified atom stereocenters. The largest absolute Gasteiger partial charge is 0.355 e. The van der Waals surface area contributed by atoms with Gasteiger partial charge in [-0.2, -0.15) is 0 Å². The number of hydrogen-bond acceptors (Lipinski definition) is 1. The molecule has 54 valence electrons. The molecule has 0 radical (unpaired) electrons. The van der Waals surface area contributed by atoms with Crippen LogP contribution in [-0.4, -0.2) is 28.0 Å². The third-order valence-corrected chi connectivity index (χ3v) is 2.19. The van der Waals surface area contributed by atoms with Gasteiger partial charge in [-0.05, 0) is 6.42 Å². The summed E-state index contributed by atoms with van der Waals surface area (Å²) in [5.41, 5.74) is 0. The van der Waals surface area contributed by atoms with Crippen molar-refractivity contribution in [3.05, 3.63) is 0 Å². The lowest BCUT2D eigenvalue weighted by atomic mass is 10.5. The summed E-state index contributed by atoms with van der Waals surface area (Å²) in [6.07, 6.45) is 1.13. The maximum Gasteiger partial charge on any atom is 0.230 e. The molecule has 0 aliphatic heterocycles. The summed E-state index contributed by atoms with van der Waals surface area (Å²) < 4.78 is 0. The highest BCUT2D eigenvalue weighted by atomic mass is 79.9. The summed E-state index contributed by atoms with van der Waals surface area (Å²) in [6.45, 7) is 0.841. The second kappa shape index (κ2) is 6.29. The van der Waals surface area contributed by atoms with E-state index in [1.807, 2.05) is 0 Å². The molecule has 2 nitrogen and oxygen atoms in total. The van der Waals surface area contributed by atoms with Crippen molar-refractivity contribution in [1.29, 1.82) is 0 Å². The number of rotatable bonds is 4. The lowest BCUT2D eigenvalue weighted by Crippen LogP contribution is -2.24. The molecule has 9 heavy (non-hydrogen) atoms. The molecule has 1 amide bonds. The highest BCUT2D eigenvalue weighted by Gasteiger charge is 1.93. The molecule has 0 rings (SSSR count).